The molecule has 0 heterocycles. The molecule has 0 aromatic heterocycles. The number of unbranched alkanes of at least 4 members (excludes halogenated alkanes) is 6. The Balaban J connectivity index is 2.40. The summed E-state index contributed by atoms with van der Waals surface area (Å²) in [5.74, 6) is -0.959. The van der Waals surface area contributed by atoms with E-state index in [0.717, 1.165) is 51.4 Å². The molecule has 0 aliphatic rings. The van der Waals surface area contributed by atoms with Crippen molar-refractivity contribution in [1.29, 1.82) is 0 Å². The number of hydrogen-bond donors (Lipinski definition) is 1. The predicted octanol–water partition coefficient (Wildman–Crippen LogP) is 7.07. The monoisotopic (exact) mass is 448 g/mol. The summed E-state index contributed by atoms with van der Waals surface area (Å²) >= 11 is 0. The van der Waals surface area contributed by atoms with Gasteiger partial charge in [-0.1, -0.05) is 75.8 Å². The van der Waals surface area contributed by atoms with Gasteiger partial charge in [-0.25, -0.2) is 0 Å². The summed E-state index contributed by atoms with van der Waals surface area (Å²) in [5, 5.41) is 8.72. The Morgan fingerprint density at radius 3 is 2.06 bits per heavy atom. The van der Waals surface area contributed by atoms with Crippen molar-refractivity contribution in [1.82, 2.24) is 0 Å². The summed E-state index contributed by atoms with van der Waals surface area (Å²) < 4.78 is 11.8. The van der Waals surface area contributed by atoms with Crippen LogP contribution in [0.15, 0.2) is 30.3 Å². The lowest BCUT2D eigenvalue weighted by atomic mass is 10.00. The molecule has 32 heavy (non-hydrogen) atoms. The second-order valence-electron chi connectivity index (χ2n) is 8.78. The molecule has 0 bridgehead atoms. The molecule has 1 aromatic rings. The lowest BCUT2D eigenvalue weighted by Crippen LogP contribution is -2.18. The molecule has 5 heteroatoms. The molecule has 0 aliphatic carbocycles. The molecule has 0 amide bonds. The maximum absolute atomic E-state index is 11.5. The molecule has 5 nitrogen and oxygen atoms in total. The highest BCUT2D eigenvalue weighted by molar-refractivity contribution is 5.66. The van der Waals surface area contributed by atoms with Crippen molar-refractivity contribution >= 4 is 11.9 Å². The summed E-state index contributed by atoms with van der Waals surface area (Å²) in [4.78, 5) is 22.1. The number of benzene rings is 1. The van der Waals surface area contributed by atoms with Gasteiger partial charge in [-0.2, -0.15) is 0 Å². The molecule has 182 valence electrons. The van der Waals surface area contributed by atoms with Crippen molar-refractivity contribution in [2.45, 2.75) is 123 Å². The van der Waals surface area contributed by atoms with Crippen LogP contribution in [0.2, 0.25) is 0 Å². The van der Waals surface area contributed by atoms with Crippen molar-refractivity contribution in [3.63, 3.8) is 0 Å². The largest absolute Gasteiger partial charge is 0.481 e. The van der Waals surface area contributed by atoms with E-state index in [9.17, 15) is 9.59 Å². The predicted molar refractivity (Wildman–Crippen MR) is 129 cm³/mol. The van der Waals surface area contributed by atoms with E-state index in [1.165, 1.54) is 38.2 Å². The average Bonchev–Trinajstić information content (AvgIpc) is 2.76. The average molecular weight is 449 g/mol. The van der Waals surface area contributed by atoms with Crippen molar-refractivity contribution in [3.8, 4) is 0 Å². The summed E-state index contributed by atoms with van der Waals surface area (Å²) in [5.41, 5.74) is 1.20. The van der Waals surface area contributed by atoms with Crippen LogP contribution >= 0.6 is 0 Å². The molecule has 0 fully saturated rings. The number of carboxylic acids is 1. The number of carboxylic acid groups (broad SMARTS) is 1. The van der Waals surface area contributed by atoms with Gasteiger partial charge < -0.3 is 14.6 Å². The van der Waals surface area contributed by atoms with Crippen LogP contribution in [0.4, 0.5) is 0 Å². The summed E-state index contributed by atoms with van der Waals surface area (Å²) in [6, 6.07) is 10.3. The first-order chi connectivity index (χ1) is 15.5. The third-order valence-electron chi connectivity index (χ3n) is 5.76. The lowest BCUT2D eigenvalue weighted by molar-refractivity contribution is -0.147. The highest BCUT2D eigenvalue weighted by Crippen LogP contribution is 2.20. The minimum Gasteiger partial charge on any atom is -0.481 e. The second kappa shape index (κ2) is 18.7. The van der Waals surface area contributed by atoms with Crippen LogP contribution in [0.1, 0.15) is 109 Å². The number of hydrogen-bond acceptors (Lipinski definition) is 4. The Bertz CT molecular complexity index is 601. The van der Waals surface area contributed by atoms with Gasteiger partial charge in [-0.05, 0) is 50.5 Å². The maximum atomic E-state index is 11.5. The molecule has 2 unspecified atom stereocenters. The summed E-state index contributed by atoms with van der Waals surface area (Å²) in [6.07, 6.45) is 13.7. The van der Waals surface area contributed by atoms with Gasteiger partial charge in [0.2, 0.25) is 0 Å². The summed E-state index contributed by atoms with van der Waals surface area (Å²) in [6.45, 7) is 4.34. The number of aliphatic carboxylic acids is 1. The molecule has 0 aliphatic heterocycles. The first-order valence-corrected chi connectivity index (χ1v) is 12.6. The Hall–Kier alpha value is -1.88. The fraction of sp³-hybridized carbons (Fsp3) is 0.704. The normalized spacial score (nSPS) is 12.9. The summed E-state index contributed by atoms with van der Waals surface area (Å²) in [7, 11) is 0. The van der Waals surface area contributed by atoms with Gasteiger partial charge in [0.15, 0.2) is 0 Å². The molecule has 1 aromatic carbocycles. The van der Waals surface area contributed by atoms with E-state index in [1.807, 2.05) is 18.2 Å². The zero-order valence-corrected chi connectivity index (χ0v) is 20.2. The van der Waals surface area contributed by atoms with Gasteiger partial charge in [0.05, 0.1) is 12.7 Å². The third kappa shape index (κ3) is 15.9. The quantitative estimate of drug-likeness (QED) is 0.171. The van der Waals surface area contributed by atoms with Gasteiger partial charge in [0.1, 0.15) is 6.10 Å². The molecular formula is C27H44O5. The van der Waals surface area contributed by atoms with Crippen molar-refractivity contribution < 1.29 is 24.2 Å². The Kier molecular flexibility index (Phi) is 16.4. The minimum absolute atomic E-state index is 0.0539. The Labute approximate surface area is 194 Å². The minimum atomic E-state index is -0.735. The van der Waals surface area contributed by atoms with Crippen molar-refractivity contribution in [2.75, 3.05) is 0 Å². The lowest BCUT2D eigenvalue weighted by Gasteiger charge is -2.21. The van der Waals surface area contributed by atoms with Crippen LogP contribution in [-0.2, 0) is 25.7 Å². The topological polar surface area (TPSA) is 72.8 Å². The van der Waals surface area contributed by atoms with E-state index in [-0.39, 0.29) is 24.6 Å². The van der Waals surface area contributed by atoms with E-state index < -0.39 is 5.97 Å². The van der Waals surface area contributed by atoms with Gasteiger partial charge in [-0.15, -0.1) is 0 Å². The van der Waals surface area contributed by atoms with E-state index in [2.05, 4.69) is 19.1 Å². The molecular weight excluding hydrogens is 404 g/mol. The number of ether oxygens (including phenoxy) is 2. The standard InChI is InChI=1S/C27H44O5/c1-3-4-5-11-17-25(31-22-24-15-9-8-10-16-24)19-14-20-26(32-23(2)28)18-12-6-7-13-21-27(29)30/h8-10,15-16,25-26H,3-7,11-14,17-22H2,1-2H3,(H,29,30). The first-order valence-electron chi connectivity index (χ1n) is 12.6. The van der Waals surface area contributed by atoms with Gasteiger partial charge in [0.25, 0.3) is 0 Å². The van der Waals surface area contributed by atoms with Crippen molar-refractivity contribution in [2.24, 2.45) is 0 Å². The highest BCUT2D eigenvalue weighted by Gasteiger charge is 2.15. The van der Waals surface area contributed by atoms with E-state index in [1.54, 1.807) is 0 Å². The second-order valence-corrected chi connectivity index (χ2v) is 8.78. The van der Waals surface area contributed by atoms with Crippen LogP contribution < -0.4 is 0 Å². The van der Waals surface area contributed by atoms with Crippen LogP contribution in [0, 0.1) is 0 Å². The number of carbonyl (C=O) groups excluding carboxylic acids is 1. The highest BCUT2D eigenvalue weighted by atomic mass is 16.5. The third-order valence-corrected chi connectivity index (χ3v) is 5.76. The van der Waals surface area contributed by atoms with Crippen LogP contribution in [0.5, 0.6) is 0 Å². The zero-order valence-electron chi connectivity index (χ0n) is 20.2. The van der Waals surface area contributed by atoms with Gasteiger partial charge in [0, 0.05) is 13.3 Å². The fourth-order valence-corrected chi connectivity index (χ4v) is 3.97. The molecule has 0 saturated carbocycles. The molecule has 1 rings (SSSR count). The van der Waals surface area contributed by atoms with Crippen LogP contribution in [-0.4, -0.2) is 29.3 Å². The molecule has 0 saturated heterocycles. The van der Waals surface area contributed by atoms with Gasteiger partial charge >= 0.3 is 11.9 Å². The smallest absolute Gasteiger partial charge is 0.303 e. The number of esters is 1. The Morgan fingerprint density at radius 2 is 1.41 bits per heavy atom. The Morgan fingerprint density at radius 1 is 0.812 bits per heavy atom. The zero-order chi connectivity index (χ0) is 23.4. The van der Waals surface area contributed by atoms with Crippen molar-refractivity contribution in [3.05, 3.63) is 35.9 Å². The SMILES string of the molecule is CCCCCCC(CCCC(CCCCCCC(=O)O)OC(C)=O)OCc1ccccc1. The molecule has 1 N–H and O–H groups in total. The van der Waals surface area contributed by atoms with E-state index >= 15 is 0 Å². The van der Waals surface area contributed by atoms with Crippen LogP contribution in [0.25, 0.3) is 0 Å². The molecule has 2 atom stereocenters. The molecule has 0 radical (unpaired) electrons. The van der Waals surface area contributed by atoms with Crippen LogP contribution in [0.3, 0.4) is 0 Å². The number of carbonyl (C=O) groups is 2. The number of rotatable bonds is 20. The van der Waals surface area contributed by atoms with E-state index in [4.69, 9.17) is 14.6 Å². The molecule has 0 spiro atoms. The maximum Gasteiger partial charge on any atom is 0.303 e. The van der Waals surface area contributed by atoms with E-state index in [0.29, 0.717) is 13.0 Å². The first kappa shape index (κ1) is 28.2. The van der Waals surface area contributed by atoms with Gasteiger partial charge in [-0.3, -0.25) is 9.59 Å². The fourth-order valence-electron chi connectivity index (χ4n) is 3.97.